The highest BCUT2D eigenvalue weighted by Crippen LogP contribution is 2.19. The van der Waals surface area contributed by atoms with E-state index in [0.29, 0.717) is 10.9 Å². The van der Waals surface area contributed by atoms with Crippen molar-refractivity contribution in [3.63, 3.8) is 0 Å². The molecule has 1 unspecified atom stereocenters. The molecule has 0 amide bonds. The smallest absolute Gasteiger partial charge is 0.0802 e. The lowest BCUT2D eigenvalue weighted by Crippen LogP contribution is -2.35. The van der Waals surface area contributed by atoms with Crippen molar-refractivity contribution in [1.29, 1.82) is 0 Å². The van der Waals surface area contributed by atoms with Crippen LogP contribution in [0, 0.1) is 5.92 Å². The monoisotopic (exact) mass is 312 g/mol. The summed E-state index contributed by atoms with van der Waals surface area (Å²) in [6, 6.07) is 7.47. The van der Waals surface area contributed by atoms with Gasteiger partial charge in [-0.3, -0.25) is 0 Å². The molecular formula is C17H29ClN2O. The van der Waals surface area contributed by atoms with Gasteiger partial charge in [0.05, 0.1) is 6.10 Å². The lowest BCUT2D eigenvalue weighted by molar-refractivity contribution is 0.133. The third-order valence-electron chi connectivity index (χ3n) is 3.46. The van der Waals surface area contributed by atoms with Crippen molar-refractivity contribution in [3.8, 4) is 0 Å². The summed E-state index contributed by atoms with van der Waals surface area (Å²) in [6.07, 6.45) is 0.332. The zero-order chi connectivity index (χ0) is 15.8. The summed E-state index contributed by atoms with van der Waals surface area (Å²) < 4.78 is 0. The van der Waals surface area contributed by atoms with E-state index in [4.69, 9.17) is 11.6 Å². The zero-order valence-corrected chi connectivity index (χ0v) is 14.5. The Labute approximate surface area is 134 Å². The van der Waals surface area contributed by atoms with E-state index in [1.54, 1.807) is 0 Å². The van der Waals surface area contributed by atoms with Crippen LogP contribution in [0.4, 0.5) is 0 Å². The highest BCUT2D eigenvalue weighted by Gasteiger charge is 2.12. The number of hydrogen-bond acceptors (Lipinski definition) is 3. The number of halogens is 1. The molecule has 0 aliphatic carbocycles. The number of likely N-dealkylation sites (N-methyl/N-ethyl adjacent to an activating group) is 1. The van der Waals surface area contributed by atoms with Crippen molar-refractivity contribution in [2.75, 3.05) is 40.3 Å². The van der Waals surface area contributed by atoms with E-state index >= 15 is 0 Å². The molecular weight excluding hydrogens is 284 g/mol. The van der Waals surface area contributed by atoms with Gasteiger partial charge in [-0.15, -0.1) is 0 Å². The van der Waals surface area contributed by atoms with Crippen LogP contribution in [0.2, 0.25) is 5.02 Å². The molecule has 0 radical (unpaired) electrons. The van der Waals surface area contributed by atoms with Gasteiger partial charge in [0, 0.05) is 31.2 Å². The Bertz CT molecular complexity index is 392. The van der Waals surface area contributed by atoms with E-state index in [1.807, 2.05) is 24.3 Å². The first-order valence-corrected chi connectivity index (χ1v) is 8.07. The standard InChI is InChI=1S/C17H29ClN2O/c1-14(2)13-20(12-11-19(3)4)10-9-17(21)15-5-7-16(18)8-6-15/h5-8,14,17,21H,9-13H2,1-4H3. The SMILES string of the molecule is CC(C)CN(CCC(O)c1ccc(Cl)cc1)CCN(C)C. The van der Waals surface area contributed by atoms with Gasteiger partial charge in [-0.1, -0.05) is 37.6 Å². The second-order valence-corrected chi connectivity index (χ2v) is 6.79. The summed E-state index contributed by atoms with van der Waals surface area (Å²) >= 11 is 5.88. The van der Waals surface area contributed by atoms with Crippen LogP contribution in [0.1, 0.15) is 31.9 Å². The number of nitrogens with zero attached hydrogens (tertiary/aromatic N) is 2. The molecule has 1 aromatic rings. The fourth-order valence-corrected chi connectivity index (χ4v) is 2.43. The molecule has 0 heterocycles. The minimum absolute atomic E-state index is 0.420. The number of rotatable bonds is 9. The van der Waals surface area contributed by atoms with Gasteiger partial charge in [-0.05, 0) is 44.1 Å². The van der Waals surface area contributed by atoms with Crippen LogP contribution < -0.4 is 0 Å². The molecule has 120 valence electrons. The minimum Gasteiger partial charge on any atom is -0.388 e. The van der Waals surface area contributed by atoms with Gasteiger partial charge < -0.3 is 14.9 Å². The summed E-state index contributed by atoms with van der Waals surface area (Å²) in [4.78, 5) is 4.63. The third kappa shape index (κ3) is 7.82. The molecule has 1 atom stereocenters. The van der Waals surface area contributed by atoms with Crippen LogP contribution in [-0.2, 0) is 0 Å². The molecule has 0 aromatic heterocycles. The van der Waals surface area contributed by atoms with Gasteiger partial charge in [0.2, 0.25) is 0 Å². The summed E-state index contributed by atoms with van der Waals surface area (Å²) in [5.74, 6) is 0.639. The first-order valence-electron chi connectivity index (χ1n) is 7.69. The highest BCUT2D eigenvalue weighted by molar-refractivity contribution is 6.30. The molecule has 21 heavy (non-hydrogen) atoms. The van der Waals surface area contributed by atoms with Crippen LogP contribution in [0.15, 0.2) is 24.3 Å². The summed E-state index contributed by atoms with van der Waals surface area (Å²) in [5, 5.41) is 11.0. The van der Waals surface area contributed by atoms with Gasteiger partial charge in [0.25, 0.3) is 0 Å². The predicted octanol–water partition coefficient (Wildman–Crippen LogP) is 3.28. The maximum atomic E-state index is 10.3. The second kappa shape index (κ2) is 9.42. The van der Waals surface area contributed by atoms with E-state index in [1.165, 1.54) is 0 Å². The van der Waals surface area contributed by atoms with Crippen molar-refractivity contribution >= 4 is 11.6 Å². The summed E-state index contributed by atoms with van der Waals surface area (Å²) in [5.41, 5.74) is 0.941. The quantitative estimate of drug-likeness (QED) is 0.758. The van der Waals surface area contributed by atoms with Gasteiger partial charge in [0.15, 0.2) is 0 Å². The maximum absolute atomic E-state index is 10.3. The molecule has 0 spiro atoms. The number of hydrogen-bond donors (Lipinski definition) is 1. The second-order valence-electron chi connectivity index (χ2n) is 6.35. The Balaban J connectivity index is 2.48. The van der Waals surface area contributed by atoms with Crippen molar-refractivity contribution < 1.29 is 5.11 Å². The first kappa shape index (κ1) is 18.4. The molecule has 3 nitrogen and oxygen atoms in total. The Morgan fingerprint density at radius 3 is 2.19 bits per heavy atom. The fraction of sp³-hybridized carbons (Fsp3) is 0.647. The molecule has 0 fully saturated rings. The number of aliphatic hydroxyl groups is 1. The number of benzene rings is 1. The molecule has 0 aliphatic rings. The highest BCUT2D eigenvalue weighted by atomic mass is 35.5. The normalized spacial score (nSPS) is 13.4. The Kier molecular flexibility index (Phi) is 8.27. The Morgan fingerprint density at radius 2 is 1.67 bits per heavy atom. The molecule has 0 bridgehead atoms. The van der Waals surface area contributed by atoms with Crippen molar-refractivity contribution in [2.24, 2.45) is 5.92 Å². The lowest BCUT2D eigenvalue weighted by Gasteiger charge is -2.26. The molecule has 1 aromatic carbocycles. The molecule has 1 N–H and O–H groups in total. The Hall–Kier alpha value is -0.610. The van der Waals surface area contributed by atoms with Gasteiger partial charge in [-0.2, -0.15) is 0 Å². The van der Waals surface area contributed by atoms with E-state index in [0.717, 1.165) is 38.2 Å². The average molecular weight is 313 g/mol. The molecule has 0 saturated heterocycles. The van der Waals surface area contributed by atoms with Gasteiger partial charge >= 0.3 is 0 Å². The van der Waals surface area contributed by atoms with E-state index < -0.39 is 6.10 Å². The van der Waals surface area contributed by atoms with Gasteiger partial charge in [-0.25, -0.2) is 0 Å². The molecule has 0 saturated carbocycles. The lowest BCUT2D eigenvalue weighted by atomic mass is 10.1. The molecule has 1 rings (SSSR count). The summed E-state index contributed by atoms with van der Waals surface area (Å²) in [6.45, 7) is 8.54. The zero-order valence-electron chi connectivity index (χ0n) is 13.7. The number of aliphatic hydroxyl groups excluding tert-OH is 1. The van der Waals surface area contributed by atoms with Crippen LogP contribution in [-0.4, -0.2) is 55.2 Å². The Morgan fingerprint density at radius 1 is 1.05 bits per heavy atom. The van der Waals surface area contributed by atoms with Crippen LogP contribution in [0.5, 0.6) is 0 Å². The minimum atomic E-state index is -0.420. The van der Waals surface area contributed by atoms with Gasteiger partial charge in [0.1, 0.15) is 0 Å². The van der Waals surface area contributed by atoms with Crippen molar-refractivity contribution in [3.05, 3.63) is 34.9 Å². The van der Waals surface area contributed by atoms with Crippen molar-refractivity contribution in [2.45, 2.75) is 26.4 Å². The topological polar surface area (TPSA) is 26.7 Å². The predicted molar refractivity (Wildman–Crippen MR) is 90.9 cm³/mol. The first-order chi connectivity index (χ1) is 9.88. The molecule has 0 aliphatic heterocycles. The van der Waals surface area contributed by atoms with Crippen LogP contribution >= 0.6 is 11.6 Å². The molecule has 4 heteroatoms. The van der Waals surface area contributed by atoms with Crippen LogP contribution in [0.3, 0.4) is 0 Å². The average Bonchev–Trinajstić information content (AvgIpc) is 2.41. The maximum Gasteiger partial charge on any atom is 0.0802 e. The van der Waals surface area contributed by atoms with E-state index in [-0.39, 0.29) is 0 Å². The van der Waals surface area contributed by atoms with Crippen LogP contribution in [0.25, 0.3) is 0 Å². The van der Waals surface area contributed by atoms with E-state index in [2.05, 4.69) is 37.7 Å². The van der Waals surface area contributed by atoms with Crippen molar-refractivity contribution in [1.82, 2.24) is 9.80 Å². The fourth-order valence-electron chi connectivity index (χ4n) is 2.31. The largest absolute Gasteiger partial charge is 0.388 e. The third-order valence-corrected chi connectivity index (χ3v) is 3.71. The summed E-state index contributed by atoms with van der Waals surface area (Å²) in [7, 11) is 4.19. The van der Waals surface area contributed by atoms with E-state index in [9.17, 15) is 5.11 Å².